The molecule has 0 saturated carbocycles. The standard InChI is InChI=1S/C16H23N3/c1-5-10-19-13(3)16(11-18-19)15-9-7-6-8-14(15)12(2)17-4/h6-9,11-12,17H,5,10H2,1-4H3. The first-order valence-corrected chi connectivity index (χ1v) is 6.98. The van der Waals surface area contributed by atoms with Gasteiger partial charge in [-0.3, -0.25) is 4.68 Å². The Bertz CT molecular complexity index is 543. The van der Waals surface area contributed by atoms with Crippen molar-refractivity contribution in [2.24, 2.45) is 0 Å². The summed E-state index contributed by atoms with van der Waals surface area (Å²) in [6, 6.07) is 8.90. The molecule has 2 aromatic rings. The summed E-state index contributed by atoms with van der Waals surface area (Å²) >= 11 is 0. The molecule has 102 valence electrons. The lowest BCUT2D eigenvalue weighted by Gasteiger charge is -2.15. The van der Waals surface area contributed by atoms with Crippen LogP contribution in [-0.2, 0) is 6.54 Å². The highest BCUT2D eigenvalue weighted by Gasteiger charge is 2.14. The minimum Gasteiger partial charge on any atom is -0.313 e. The van der Waals surface area contributed by atoms with Crippen LogP contribution >= 0.6 is 0 Å². The van der Waals surface area contributed by atoms with Crippen LogP contribution in [0.15, 0.2) is 30.5 Å². The lowest BCUT2D eigenvalue weighted by atomic mass is 9.96. The fourth-order valence-electron chi connectivity index (χ4n) is 2.42. The van der Waals surface area contributed by atoms with Crippen LogP contribution in [-0.4, -0.2) is 16.8 Å². The Morgan fingerprint density at radius 3 is 2.68 bits per heavy atom. The van der Waals surface area contributed by atoms with E-state index >= 15 is 0 Å². The van der Waals surface area contributed by atoms with Gasteiger partial charge in [0.25, 0.3) is 0 Å². The number of hydrogen-bond donors (Lipinski definition) is 1. The Morgan fingerprint density at radius 1 is 1.26 bits per heavy atom. The molecule has 1 atom stereocenters. The van der Waals surface area contributed by atoms with Crippen molar-refractivity contribution in [1.29, 1.82) is 0 Å². The molecule has 1 aromatic carbocycles. The van der Waals surface area contributed by atoms with Gasteiger partial charge in [0.05, 0.1) is 6.20 Å². The molecule has 3 heteroatoms. The molecule has 0 bridgehead atoms. The first-order valence-electron chi connectivity index (χ1n) is 6.98. The van der Waals surface area contributed by atoms with Crippen molar-refractivity contribution in [1.82, 2.24) is 15.1 Å². The summed E-state index contributed by atoms with van der Waals surface area (Å²) in [5.74, 6) is 0. The number of aryl methyl sites for hydroxylation is 1. The molecule has 3 nitrogen and oxygen atoms in total. The van der Waals surface area contributed by atoms with Crippen LogP contribution in [0.2, 0.25) is 0 Å². The largest absolute Gasteiger partial charge is 0.313 e. The lowest BCUT2D eigenvalue weighted by Crippen LogP contribution is -2.13. The van der Waals surface area contributed by atoms with Gasteiger partial charge in [0.15, 0.2) is 0 Å². The maximum atomic E-state index is 4.50. The van der Waals surface area contributed by atoms with E-state index in [1.165, 1.54) is 22.4 Å². The van der Waals surface area contributed by atoms with Gasteiger partial charge in [0, 0.05) is 23.8 Å². The molecule has 1 heterocycles. The SMILES string of the molecule is CCCn1ncc(-c2ccccc2C(C)NC)c1C. The number of benzene rings is 1. The summed E-state index contributed by atoms with van der Waals surface area (Å²) in [5.41, 5.74) is 5.09. The molecular weight excluding hydrogens is 234 g/mol. The van der Waals surface area contributed by atoms with E-state index in [0.717, 1.165) is 13.0 Å². The second-order valence-corrected chi connectivity index (χ2v) is 4.96. The van der Waals surface area contributed by atoms with Gasteiger partial charge in [0.1, 0.15) is 0 Å². The van der Waals surface area contributed by atoms with Crippen LogP contribution in [0.3, 0.4) is 0 Å². The van der Waals surface area contributed by atoms with Gasteiger partial charge >= 0.3 is 0 Å². The highest BCUT2D eigenvalue weighted by molar-refractivity contribution is 5.69. The van der Waals surface area contributed by atoms with E-state index in [2.05, 4.69) is 60.1 Å². The Hall–Kier alpha value is -1.61. The van der Waals surface area contributed by atoms with Gasteiger partial charge in [-0.15, -0.1) is 0 Å². The third-order valence-corrected chi connectivity index (χ3v) is 3.69. The van der Waals surface area contributed by atoms with Crippen LogP contribution in [0.4, 0.5) is 0 Å². The van der Waals surface area contributed by atoms with Crippen molar-refractivity contribution in [3.63, 3.8) is 0 Å². The number of hydrogen-bond acceptors (Lipinski definition) is 2. The van der Waals surface area contributed by atoms with Crippen molar-refractivity contribution in [2.75, 3.05) is 7.05 Å². The van der Waals surface area contributed by atoms with E-state index in [0.29, 0.717) is 6.04 Å². The van der Waals surface area contributed by atoms with E-state index in [9.17, 15) is 0 Å². The highest BCUT2D eigenvalue weighted by Crippen LogP contribution is 2.30. The molecule has 0 saturated heterocycles. The lowest BCUT2D eigenvalue weighted by molar-refractivity contribution is 0.587. The fraction of sp³-hybridized carbons (Fsp3) is 0.438. The number of nitrogens with zero attached hydrogens (tertiary/aromatic N) is 2. The number of aromatic nitrogens is 2. The summed E-state index contributed by atoms with van der Waals surface area (Å²) in [7, 11) is 1.99. The van der Waals surface area contributed by atoms with Gasteiger partial charge in [-0.2, -0.15) is 5.10 Å². The zero-order valence-electron chi connectivity index (χ0n) is 12.3. The van der Waals surface area contributed by atoms with E-state index in [-0.39, 0.29) is 0 Å². The Kier molecular flexibility index (Phi) is 4.38. The van der Waals surface area contributed by atoms with Crippen LogP contribution in [0.25, 0.3) is 11.1 Å². The molecule has 0 fully saturated rings. The van der Waals surface area contributed by atoms with Crippen LogP contribution in [0.5, 0.6) is 0 Å². The topological polar surface area (TPSA) is 29.9 Å². The average molecular weight is 257 g/mol. The summed E-state index contributed by atoms with van der Waals surface area (Å²) in [4.78, 5) is 0. The zero-order valence-corrected chi connectivity index (χ0v) is 12.3. The van der Waals surface area contributed by atoms with E-state index in [4.69, 9.17) is 0 Å². The molecule has 1 N–H and O–H groups in total. The van der Waals surface area contributed by atoms with Crippen molar-refractivity contribution >= 4 is 0 Å². The first kappa shape index (κ1) is 13.8. The van der Waals surface area contributed by atoms with Gasteiger partial charge in [-0.25, -0.2) is 0 Å². The molecule has 0 amide bonds. The predicted octanol–water partition coefficient (Wildman–Crippen LogP) is 3.55. The quantitative estimate of drug-likeness (QED) is 0.887. The minimum atomic E-state index is 0.338. The van der Waals surface area contributed by atoms with Gasteiger partial charge in [-0.05, 0) is 38.4 Å². The molecule has 0 aliphatic carbocycles. The summed E-state index contributed by atoms with van der Waals surface area (Å²) in [6.45, 7) is 7.50. The third kappa shape index (κ3) is 2.71. The Morgan fingerprint density at radius 2 is 2.00 bits per heavy atom. The molecule has 0 aliphatic rings. The minimum absolute atomic E-state index is 0.338. The van der Waals surface area contributed by atoms with Gasteiger partial charge in [0.2, 0.25) is 0 Å². The normalized spacial score (nSPS) is 12.6. The predicted molar refractivity (Wildman–Crippen MR) is 80.2 cm³/mol. The third-order valence-electron chi connectivity index (χ3n) is 3.69. The molecule has 0 aliphatic heterocycles. The van der Waals surface area contributed by atoms with Crippen molar-refractivity contribution < 1.29 is 0 Å². The van der Waals surface area contributed by atoms with Gasteiger partial charge in [-0.1, -0.05) is 31.2 Å². The molecule has 0 radical (unpaired) electrons. The molecule has 1 unspecified atom stereocenters. The summed E-state index contributed by atoms with van der Waals surface area (Å²) in [5, 5.41) is 7.82. The maximum absolute atomic E-state index is 4.50. The van der Waals surface area contributed by atoms with E-state index in [1.54, 1.807) is 0 Å². The van der Waals surface area contributed by atoms with Gasteiger partial charge < -0.3 is 5.32 Å². The molecule has 1 aromatic heterocycles. The van der Waals surface area contributed by atoms with Crippen molar-refractivity contribution in [2.45, 2.75) is 39.8 Å². The van der Waals surface area contributed by atoms with Crippen LogP contribution < -0.4 is 5.32 Å². The molecule has 2 rings (SSSR count). The summed E-state index contributed by atoms with van der Waals surface area (Å²) in [6.07, 6.45) is 3.10. The Balaban J connectivity index is 2.47. The molecule has 0 spiro atoms. The second kappa shape index (κ2) is 6.02. The molecule has 19 heavy (non-hydrogen) atoms. The zero-order chi connectivity index (χ0) is 13.8. The van der Waals surface area contributed by atoms with Crippen molar-refractivity contribution in [3.05, 3.63) is 41.7 Å². The smallest absolute Gasteiger partial charge is 0.0571 e. The monoisotopic (exact) mass is 257 g/mol. The second-order valence-electron chi connectivity index (χ2n) is 4.96. The van der Waals surface area contributed by atoms with Crippen molar-refractivity contribution in [3.8, 4) is 11.1 Å². The number of nitrogens with one attached hydrogen (secondary N) is 1. The van der Waals surface area contributed by atoms with Crippen LogP contribution in [0, 0.1) is 6.92 Å². The highest BCUT2D eigenvalue weighted by atomic mass is 15.3. The van der Waals surface area contributed by atoms with E-state index < -0.39 is 0 Å². The number of rotatable bonds is 5. The Labute approximate surface area is 115 Å². The van der Waals surface area contributed by atoms with E-state index in [1.807, 2.05) is 13.2 Å². The first-order chi connectivity index (χ1) is 9.19. The maximum Gasteiger partial charge on any atom is 0.0571 e. The fourth-order valence-corrected chi connectivity index (χ4v) is 2.42. The average Bonchev–Trinajstić information content (AvgIpc) is 2.80. The molecular formula is C16H23N3. The van der Waals surface area contributed by atoms with Crippen LogP contribution in [0.1, 0.15) is 37.6 Å². The summed E-state index contributed by atoms with van der Waals surface area (Å²) < 4.78 is 2.09.